The predicted octanol–water partition coefficient (Wildman–Crippen LogP) is 2.56. The molecule has 29 heavy (non-hydrogen) atoms. The van der Waals surface area contributed by atoms with Gasteiger partial charge in [-0.3, -0.25) is 9.78 Å². The Kier molecular flexibility index (Phi) is 4.02. The van der Waals surface area contributed by atoms with Gasteiger partial charge in [-0.2, -0.15) is 14.6 Å². The molecule has 0 unspecified atom stereocenters. The van der Waals surface area contributed by atoms with Crippen molar-refractivity contribution in [2.75, 3.05) is 7.11 Å². The Hall–Kier alpha value is -4.07. The highest BCUT2D eigenvalue weighted by molar-refractivity contribution is 5.94. The maximum absolute atomic E-state index is 13.5. The van der Waals surface area contributed by atoms with Gasteiger partial charge in [0.1, 0.15) is 12.1 Å². The standard InChI is InChI=1S/C21H16N6O2/c1-29-17-8-3-2-7-15(17)19-18-16(25-21-23-13-24-27(19)21)9-11-26(20(18)28)12-14-6-4-5-10-22-14/h2-11,13H,12H2,1H3. The van der Waals surface area contributed by atoms with E-state index in [0.717, 1.165) is 11.3 Å². The maximum Gasteiger partial charge on any atom is 0.262 e. The molecule has 0 aliphatic carbocycles. The van der Waals surface area contributed by atoms with E-state index in [0.29, 0.717) is 34.7 Å². The molecular weight excluding hydrogens is 368 g/mol. The minimum absolute atomic E-state index is 0.182. The minimum atomic E-state index is -0.182. The fraction of sp³-hybridized carbons (Fsp3) is 0.0952. The van der Waals surface area contributed by atoms with Crippen LogP contribution in [0.3, 0.4) is 0 Å². The van der Waals surface area contributed by atoms with Crippen LogP contribution in [0, 0.1) is 0 Å². The third-order valence-electron chi connectivity index (χ3n) is 4.76. The fourth-order valence-corrected chi connectivity index (χ4v) is 3.44. The minimum Gasteiger partial charge on any atom is -0.496 e. The molecule has 8 nitrogen and oxygen atoms in total. The van der Waals surface area contributed by atoms with Gasteiger partial charge in [-0.05, 0) is 30.3 Å². The third kappa shape index (κ3) is 2.82. The van der Waals surface area contributed by atoms with Gasteiger partial charge in [0.25, 0.3) is 11.3 Å². The Morgan fingerprint density at radius 2 is 1.90 bits per heavy atom. The van der Waals surface area contributed by atoms with Gasteiger partial charge in [0.2, 0.25) is 0 Å². The number of ether oxygens (including phenoxy) is 1. The number of methoxy groups -OCH3 is 1. The number of para-hydroxylation sites is 1. The lowest BCUT2D eigenvalue weighted by atomic mass is 10.1. The van der Waals surface area contributed by atoms with Crippen LogP contribution < -0.4 is 10.3 Å². The van der Waals surface area contributed by atoms with Crippen molar-refractivity contribution < 1.29 is 4.74 Å². The van der Waals surface area contributed by atoms with Crippen LogP contribution >= 0.6 is 0 Å². The van der Waals surface area contributed by atoms with Crippen LogP contribution in [0.2, 0.25) is 0 Å². The first-order valence-electron chi connectivity index (χ1n) is 9.02. The van der Waals surface area contributed by atoms with Crippen LogP contribution in [-0.2, 0) is 6.54 Å². The Bertz CT molecular complexity index is 1390. The molecular formula is C21H16N6O2. The molecule has 0 aliphatic heterocycles. The average molecular weight is 384 g/mol. The molecule has 4 heterocycles. The van der Waals surface area contributed by atoms with E-state index in [-0.39, 0.29) is 5.56 Å². The Morgan fingerprint density at radius 3 is 2.72 bits per heavy atom. The first-order valence-corrected chi connectivity index (χ1v) is 9.02. The van der Waals surface area contributed by atoms with Crippen molar-refractivity contribution in [1.29, 1.82) is 0 Å². The van der Waals surface area contributed by atoms with Gasteiger partial charge in [-0.25, -0.2) is 4.98 Å². The van der Waals surface area contributed by atoms with E-state index in [1.807, 2.05) is 48.5 Å². The summed E-state index contributed by atoms with van der Waals surface area (Å²) in [5.74, 6) is 1.05. The van der Waals surface area contributed by atoms with Gasteiger partial charge in [0.05, 0.1) is 35.9 Å². The molecule has 0 N–H and O–H groups in total. The third-order valence-corrected chi connectivity index (χ3v) is 4.76. The molecule has 4 aromatic heterocycles. The molecule has 0 saturated heterocycles. The molecule has 0 amide bonds. The lowest BCUT2D eigenvalue weighted by Crippen LogP contribution is -2.22. The molecule has 1 aromatic carbocycles. The molecule has 0 atom stereocenters. The van der Waals surface area contributed by atoms with Crippen LogP contribution in [0.25, 0.3) is 27.9 Å². The number of hydrogen-bond donors (Lipinski definition) is 0. The van der Waals surface area contributed by atoms with Crippen LogP contribution in [0.1, 0.15) is 5.69 Å². The Morgan fingerprint density at radius 1 is 1.03 bits per heavy atom. The van der Waals surface area contributed by atoms with Crippen molar-refractivity contribution in [2.45, 2.75) is 6.54 Å². The van der Waals surface area contributed by atoms with Crippen molar-refractivity contribution in [3.05, 3.63) is 83.3 Å². The summed E-state index contributed by atoms with van der Waals surface area (Å²) in [6, 6.07) is 15.0. The van der Waals surface area contributed by atoms with E-state index in [1.165, 1.54) is 6.33 Å². The van der Waals surface area contributed by atoms with Gasteiger partial charge in [-0.1, -0.05) is 18.2 Å². The highest BCUT2D eigenvalue weighted by atomic mass is 16.5. The second-order valence-electron chi connectivity index (χ2n) is 6.46. The summed E-state index contributed by atoms with van der Waals surface area (Å²) in [6.07, 6.45) is 4.86. The summed E-state index contributed by atoms with van der Waals surface area (Å²) in [5, 5.41) is 4.75. The van der Waals surface area contributed by atoms with Gasteiger partial charge in [0, 0.05) is 18.0 Å². The number of rotatable bonds is 4. The molecule has 0 bridgehead atoms. The molecule has 0 spiro atoms. The van der Waals surface area contributed by atoms with Crippen molar-refractivity contribution in [1.82, 2.24) is 29.1 Å². The number of benzene rings is 1. The van der Waals surface area contributed by atoms with E-state index >= 15 is 0 Å². The quantitative estimate of drug-likeness (QED) is 0.473. The van der Waals surface area contributed by atoms with Gasteiger partial charge in [-0.15, -0.1) is 0 Å². The first-order chi connectivity index (χ1) is 14.3. The fourth-order valence-electron chi connectivity index (χ4n) is 3.44. The van der Waals surface area contributed by atoms with Crippen LogP contribution in [-0.4, -0.2) is 36.2 Å². The maximum atomic E-state index is 13.5. The SMILES string of the molecule is COc1ccccc1-c1c2c(=O)n(Cc3ccccn3)ccc2nc2ncnn12. The summed E-state index contributed by atoms with van der Waals surface area (Å²) >= 11 is 0. The smallest absolute Gasteiger partial charge is 0.262 e. The molecule has 0 saturated carbocycles. The van der Waals surface area contributed by atoms with Gasteiger partial charge in [0.15, 0.2) is 0 Å². The summed E-state index contributed by atoms with van der Waals surface area (Å²) in [6.45, 7) is 0.358. The van der Waals surface area contributed by atoms with Crippen LogP contribution in [0.5, 0.6) is 5.75 Å². The topological polar surface area (TPSA) is 87.2 Å². The van der Waals surface area contributed by atoms with Crippen molar-refractivity contribution in [3.63, 3.8) is 0 Å². The summed E-state index contributed by atoms with van der Waals surface area (Å²) in [7, 11) is 1.60. The normalized spacial score (nSPS) is 11.2. The van der Waals surface area contributed by atoms with Gasteiger partial charge < -0.3 is 9.30 Å². The zero-order chi connectivity index (χ0) is 19.8. The summed E-state index contributed by atoms with van der Waals surface area (Å²) in [4.78, 5) is 26.5. The number of aromatic nitrogens is 6. The zero-order valence-corrected chi connectivity index (χ0v) is 15.6. The van der Waals surface area contributed by atoms with Gasteiger partial charge >= 0.3 is 0 Å². The van der Waals surface area contributed by atoms with E-state index < -0.39 is 0 Å². The Labute approximate surface area is 165 Å². The van der Waals surface area contributed by atoms with E-state index in [1.54, 1.807) is 28.6 Å². The monoisotopic (exact) mass is 384 g/mol. The van der Waals surface area contributed by atoms with Crippen molar-refractivity contribution in [2.24, 2.45) is 0 Å². The molecule has 0 radical (unpaired) electrons. The zero-order valence-electron chi connectivity index (χ0n) is 15.6. The summed E-state index contributed by atoms with van der Waals surface area (Å²) < 4.78 is 8.73. The van der Waals surface area contributed by atoms with E-state index in [2.05, 4.69) is 20.1 Å². The molecule has 0 fully saturated rings. The Balaban J connectivity index is 1.84. The van der Waals surface area contributed by atoms with E-state index in [4.69, 9.17) is 4.74 Å². The molecule has 8 heteroatoms. The highest BCUT2D eigenvalue weighted by Crippen LogP contribution is 2.32. The van der Waals surface area contributed by atoms with Crippen molar-refractivity contribution in [3.8, 4) is 17.0 Å². The van der Waals surface area contributed by atoms with Crippen LogP contribution in [0.15, 0.2) is 72.0 Å². The van der Waals surface area contributed by atoms with Crippen molar-refractivity contribution >= 4 is 16.7 Å². The lowest BCUT2D eigenvalue weighted by molar-refractivity contribution is 0.416. The second kappa shape index (κ2) is 6.83. The molecule has 142 valence electrons. The number of hydrogen-bond acceptors (Lipinski definition) is 6. The highest BCUT2D eigenvalue weighted by Gasteiger charge is 2.19. The number of nitrogens with zero attached hydrogens (tertiary/aromatic N) is 6. The average Bonchev–Trinajstić information content (AvgIpc) is 3.23. The van der Waals surface area contributed by atoms with E-state index in [9.17, 15) is 4.79 Å². The lowest BCUT2D eigenvalue weighted by Gasteiger charge is -2.13. The largest absolute Gasteiger partial charge is 0.496 e. The summed E-state index contributed by atoms with van der Waals surface area (Å²) in [5.41, 5.74) is 2.50. The number of fused-ring (bicyclic) bond motifs is 2. The molecule has 5 rings (SSSR count). The molecule has 0 aliphatic rings. The number of pyridine rings is 2. The predicted molar refractivity (Wildman–Crippen MR) is 108 cm³/mol. The van der Waals surface area contributed by atoms with Crippen LogP contribution in [0.4, 0.5) is 0 Å². The second-order valence-corrected chi connectivity index (χ2v) is 6.46. The first kappa shape index (κ1) is 17.1. The molecule has 5 aromatic rings.